The molecule has 1 N–H and O–H groups in total. The zero-order chi connectivity index (χ0) is 9.52. The predicted molar refractivity (Wildman–Crippen MR) is 56.9 cm³/mol. The third kappa shape index (κ3) is 3.50. The number of hydrogen-bond donors (Lipinski definition) is 1. The van der Waals surface area contributed by atoms with Crippen molar-refractivity contribution in [3.8, 4) is 11.8 Å². The number of nitrogens with one attached hydrogen (secondary N) is 1. The molecule has 2 heteroatoms. The summed E-state index contributed by atoms with van der Waals surface area (Å²) >= 11 is 5.91. The first kappa shape index (κ1) is 10.1. The molecule has 0 aliphatic heterocycles. The molecule has 0 amide bonds. The quantitative estimate of drug-likeness (QED) is 0.562. The van der Waals surface area contributed by atoms with E-state index >= 15 is 0 Å². The average Bonchev–Trinajstić information content (AvgIpc) is 2.15. The van der Waals surface area contributed by atoms with Gasteiger partial charge in [0, 0.05) is 5.56 Å². The molecule has 0 bridgehead atoms. The first-order valence-corrected chi connectivity index (χ1v) is 4.66. The minimum Gasteiger partial charge on any atom is -0.306 e. The highest BCUT2D eigenvalue weighted by atomic mass is 35.5. The lowest BCUT2D eigenvalue weighted by molar-refractivity contribution is 0.811. The molecule has 13 heavy (non-hydrogen) atoms. The van der Waals surface area contributed by atoms with Gasteiger partial charge in [0.25, 0.3) is 0 Å². The van der Waals surface area contributed by atoms with Crippen molar-refractivity contribution in [2.45, 2.75) is 6.92 Å². The Morgan fingerprint density at radius 2 is 2.15 bits per heavy atom. The minimum atomic E-state index is 0.710. The van der Waals surface area contributed by atoms with Crippen molar-refractivity contribution in [3.05, 3.63) is 34.9 Å². The van der Waals surface area contributed by atoms with Gasteiger partial charge in [0.05, 0.1) is 11.6 Å². The molecule has 1 aromatic rings. The summed E-state index contributed by atoms with van der Waals surface area (Å²) in [6, 6.07) is 7.60. The largest absolute Gasteiger partial charge is 0.306 e. The fraction of sp³-hybridized carbons (Fsp3) is 0.273. The van der Waals surface area contributed by atoms with Gasteiger partial charge in [-0.25, -0.2) is 0 Å². The summed E-state index contributed by atoms with van der Waals surface area (Å²) in [5.74, 6) is 6.00. The van der Waals surface area contributed by atoms with Gasteiger partial charge < -0.3 is 5.32 Å². The summed E-state index contributed by atoms with van der Waals surface area (Å²) in [5.41, 5.74) is 0.891. The van der Waals surface area contributed by atoms with Gasteiger partial charge >= 0.3 is 0 Å². The summed E-state index contributed by atoms with van der Waals surface area (Å²) < 4.78 is 0. The normalized spacial score (nSPS) is 9.08. The maximum Gasteiger partial charge on any atom is 0.0580 e. The van der Waals surface area contributed by atoms with Crippen LogP contribution in [0.5, 0.6) is 0 Å². The van der Waals surface area contributed by atoms with Gasteiger partial charge in [-0.3, -0.25) is 0 Å². The van der Waals surface area contributed by atoms with E-state index in [2.05, 4.69) is 24.1 Å². The van der Waals surface area contributed by atoms with Crippen molar-refractivity contribution in [1.29, 1.82) is 0 Å². The smallest absolute Gasteiger partial charge is 0.0580 e. The highest BCUT2D eigenvalue weighted by Gasteiger charge is 1.91. The van der Waals surface area contributed by atoms with E-state index in [1.165, 1.54) is 0 Å². The van der Waals surface area contributed by atoms with Crippen LogP contribution in [0.25, 0.3) is 0 Å². The molecule has 0 atom stereocenters. The molecule has 0 aromatic heterocycles. The van der Waals surface area contributed by atoms with Gasteiger partial charge in [0.15, 0.2) is 0 Å². The number of rotatable bonds is 2. The molecule has 0 heterocycles. The van der Waals surface area contributed by atoms with Gasteiger partial charge in [-0.1, -0.05) is 42.5 Å². The second-order valence-electron chi connectivity index (χ2n) is 2.56. The van der Waals surface area contributed by atoms with Crippen LogP contribution in [0.15, 0.2) is 24.3 Å². The number of halogens is 1. The lowest BCUT2D eigenvalue weighted by atomic mass is 10.2. The summed E-state index contributed by atoms with van der Waals surface area (Å²) in [6.45, 7) is 3.70. The Hall–Kier alpha value is -0.970. The van der Waals surface area contributed by atoms with Crippen molar-refractivity contribution in [1.82, 2.24) is 5.32 Å². The van der Waals surface area contributed by atoms with Crippen LogP contribution in [0.4, 0.5) is 0 Å². The monoisotopic (exact) mass is 193 g/mol. The van der Waals surface area contributed by atoms with Crippen molar-refractivity contribution < 1.29 is 0 Å². The Kier molecular flexibility index (Phi) is 4.39. The third-order valence-corrected chi connectivity index (χ3v) is 1.89. The van der Waals surface area contributed by atoms with E-state index < -0.39 is 0 Å². The Morgan fingerprint density at radius 1 is 1.38 bits per heavy atom. The van der Waals surface area contributed by atoms with Crippen LogP contribution in [-0.4, -0.2) is 13.1 Å². The van der Waals surface area contributed by atoms with E-state index in [9.17, 15) is 0 Å². The number of benzene rings is 1. The van der Waals surface area contributed by atoms with Crippen molar-refractivity contribution in [3.63, 3.8) is 0 Å². The van der Waals surface area contributed by atoms with Gasteiger partial charge in [0.2, 0.25) is 0 Å². The van der Waals surface area contributed by atoms with Gasteiger partial charge in [-0.05, 0) is 18.7 Å². The summed E-state index contributed by atoms with van der Waals surface area (Å²) in [6.07, 6.45) is 0. The van der Waals surface area contributed by atoms with E-state index in [1.807, 2.05) is 24.3 Å². The molecule has 0 spiro atoms. The molecule has 0 aliphatic carbocycles. The fourth-order valence-electron chi connectivity index (χ4n) is 0.890. The van der Waals surface area contributed by atoms with E-state index in [0.717, 1.165) is 12.1 Å². The molecular formula is C11H12ClN. The molecule has 0 aliphatic rings. The zero-order valence-corrected chi connectivity index (χ0v) is 8.36. The second-order valence-corrected chi connectivity index (χ2v) is 2.97. The molecular weight excluding hydrogens is 182 g/mol. The van der Waals surface area contributed by atoms with E-state index in [-0.39, 0.29) is 0 Å². The van der Waals surface area contributed by atoms with Crippen LogP contribution in [0.2, 0.25) is 5.02 Å². The zero-order valence-electron chi connectivity index (χ0n) is 7.60. The predicted octanol–water partition coefficient (Wildman–Crippen LogP) is 2.30. The summed E-state index contributed by atoms with van der Waals surface area (Å²) in [5, 5.41) is 3.84. The van der Waals surface area contributed by atoms with Gasteiger partial charge in [-0.2, -0.15) is 0 Å². The Balaban J connectivity index is 2.61. The topological polar surface area (TPSA) is 12.0 Å². The lowest BCUT2D eigenvalue weighted by Crippen LogP contribution is -2.11. The molecule has 0 radical (unpaired) electrons. The maximum absolute atomic E-state index is 5.91. The number of hydrogen-bond acceptors (Lipinski definition) is 1. The highest BCUT2D eigenvalue weighted by molar-refractivity contribution is 6.31. The van der Waals surface area contributed by atoms with Crippen molar-refractivity contribution >= 4 is 11.6 Å². The van der Waals surface area contributed by atoms with Gasteiger partial charge in [0.1, 0.15) is 0 Å². The Bertz CT molecular complexity index is 322. The van der Waals surface area contributed by atoms with Crippen molar-refractivity contribution in [2.24, 2.45) is 0 Å². The first-order chi connectivity index (χ1) is 6.34. The first-order valence-electron chi connectivity index (χ1n) is 4.28. The maximum atomic E-state index is 5.91. The molecule has 1 nitrogen and oxygen atoms in total. The van der Waals surface area contributed by atoms with Crippen LogP contribution in [-0.2, 0) is 0 Å². The second kappa shape index (κ2) is 5.64. The highest BCUT2D eigenvalue weighted by Crippen LogP contribution is 2.12. The molecule has 1 aromatic carbocycles. The van der Waals surface area contributed by atoms with Crippen LogP contribution in [0.1, 0.15) is 12.5 Å². The lowest BCUT2D eigenvalue weighted by Gasteiger charge is -1.93. The molecule has 0 saturated carbocycles. The SMILES string of the molecule is CCNCC#Cc1ccccc1Cl. The van der Waals surface area contributed by atoms with E-state index in [1.54, 1.807) is 0 Å². The summed E-state index contributed by atoms with van der Waals surface area (Å²) in [4.78, 5) is 0. The van der Waals surface area contributed by atoms with Crippen molar-refractivity contribution in [2.75, 3.05) is 13.1 Å². The Morgan fingerprint density at radius 3 is 2.85 bits per heavy atom. The minimum absolute atomic E-state index is 0.710. The van der Waals surface area contributed by atoms with Crippen LogP contribution < -0.4 is 5.32 Å². The average molecular weight is 194 g/mol. The molecule has 1 rings (SSSR count). The van der Waals surface area contributed by atoms with E-state index in [4.69, 9.17) is 11.6 Å². The fourth-order valence-corrected chi connectivity index (χ4v) is 1.07. The molecule has 0 fully saturated rings. The van der Waals surface area contributed by atoms with Crippen LogP contribution in [0, 0.1) is 11.8 Å². The molecule has 0 unspecified atom stereocenters. The van der Waals surface area contributed by atoms with E-state index in [0.29, 0.717) is 11.6 Å². The van der Waals surface area contributed by atoms with Crippen LogP contribution in [0.3, 0.4) is 0 Å². The van der Waals surface area contributed by atoms with Gasteiger partial charge in [-0.15, -0.1) is 0 Å². The Labute approximate surface area is 84.1 Å². The molecule has 68 valence electrons. The summed E-state index contributed by atoms with van der Waals surface area (Å²) in [7, 11) is 0. The third-order valence-electron chi connectivity index (χ3n) is 1.56. The molecule has 0 saturated heterocycles. The van der Waals surface area contributed by atoms with Crippen LogP contribution >= 0.6 is 11.6 Å². The standard InChI is InChI=1S/C11H12ClN/c1-2-13-9-5-7-10-6-3-4-8-11(10)12/h3-4,6,8,13H,2,9H2,1H3.